The highest BCUT2D eigenvalue weighted by Crippen LogP contribution is 2.23. The van der Waals surface area contributed by atoms with Gasteiger partial charge in [-0.05, 0) is 58.5 Å². The molecule has 0 radical (unpaired) electrons. The van der Waals surface area contributed by atoms with Crippen LogP contribution in [0, 0.1) is 0 Å². The van der Waals surface area contributed by atoms with Crippen LogP contribution in [0.3, 0.4) is 0 Å². The van der Waals surface area contributed by atoms with Crippen LogP contribution in [0.15, 0.2) is 65.7 Å². The zero-order chi connectivity index (χ0) is 30.3. The second kappa shape index (κ2) is 12.9. The standard InChI is InChI=1S/C27H24ClN9O6/c1-42-26(40)30-19-6-2-16(3-7-19)20-13-21(32-33-25(20)39)22(14-36-10-11-43-27(36)41)31-24(38)9-4-17-12-18(28)5-8-23(17)37-15-29-34-35-37/h2-9,12-13,15,22H,10-11,14H2,1H3,(H,30,40)(H,31,38)(H,33,39)/b9-4+/t22-/m0/s1. The van der Waals surface area contributed by atoms with Crippen LogP contribution in [0.5, 0.6) is 0 Å². The zero-order valence-corrected chi connectivity index (χ0v) is 23.3. The van der Waals surface area contributed by atoms with Crippen molar-refractivity contribution < 1.29 is 23.9 Å². The Balaban J connectivity index is 1.41. The molecule has 0 saturated carbocycles. The number of ether oxygens (including phenoxy) is 2. The number of amides is 3. The molecule has 0 aliphatic carbocycles. The molecule has 3 N–H and O–H groups in total. The smallest absolute Gasteiger partial charge is 0.411 e. The van der Waals surface area contributed by atoms with Crippen LogP contribution in [0.2, 0.25) is 5.02 Å². The fourth-order valence-electron chi connectivity index (χ4n) is 4.27. The summed E-state index contributed by atoms with van der Waals surface area (Å²) in [6.07, 6.45) is 3.10. The van der Waals surface area contributed by atoms with Crippen molar-refractivity contribution in [1.82, 2.24) is 40.6 Å². The molecule has 0 spiro atoms. The normalized spacial score (nSPS) is 13.5. The third kappa shape index (κ3) is 7.02. The molecule has 4 aromatic rings. The highest BCUT2D eigenvalue weighted by Gasteiger charge is 2.28. The lowest BCUT2D eigenvalue weighted by Crippen LogP contribution is -2.38. The summed E-state index contributed by atoms with van der Waals surface area (Å²) in [5, 5.41) is 23.6. The molecular formula is C27H24ClN9O6. The molecule has 1 atom stereocenters. The van der Waals surface area contributed by atoms with Gasteiger partial charge in [0.25, 0.3) is 5.56 Å². The molecule has 5 rings (SSSR count). The second-order valence-electron chi connectivity index (χ2n) is 9.14. The first-order valence-electron chi connectivity index (χ1n) is 12.8. The number of aromatic amines is 1. The molecule has 1 aliphatic heterocycles. The molecule has 1 fully saturated rings. The third-order valence-corrected chi connectivity index (χ3v) is 6.61. The van der Waals surface area contributed by atoms with E-state index in [-0.39, 0.29) is 18.7 Å². The molecule has 2 aromatic carbocycles. The number of methoxy groups -OCH3 is 1. The van der Waals surface area contributed by atoms with E-state index < -0.39 is 29.7 Å². The van der Waals surface area contributed by atoms with Gasteiger partial charge in [-0.25, -0.2) is 14.7 Å². The van der Waals surface area contributed by atoms with Gasteiger partial charge in [-0.3, -0.25) is 14.9 Å². The lowest BCUT2D eigenvalue weighted by Gasteiger charge is -2.22. The van der Waals surface area contributed by atoms with Crippen LogP contribution in [0.1, 0.15) is 17.3 Å². The Morgan fingerprint density at radius 2 is 2.00 bits per heavy atom. The molecule has 15 nitrogen and oxygen atoms in total. The molecule has 2 aromatic heterocycles. The van der Waals surface area contributed by atoms with E-state index in [0.29, 0.717) is 39.8 Å². The average molecular weight is 606 g/mol. The van der Waals surface area contributed by atoms with E-state index in [9.17, 15) is 19.2 Å². The molecule has 43 heavy (non-hydrogen) atoms. The van der Waals surface area contributed by atoms with Gasteiger partial charge in [0.15, 0.2) is 0 Å². The van der Waals surface area contributed by atoms with E-state index in [1.807, 2.05) is 0 Å². The zero-order valence-electron chi connectivity index (χ0n) is 22.6. The van der Waals surface area contributed by atoms with E-state index in [1.165, 1.54) is 35.2 Å². The SMILES string of the molecule is COC(=O)Nc1ccc(-c2cc([C@H](CN3CCOC3=O)NC(=O)/C=C/c3cc(Cl)ccc3-n3cnnn3)n[nH]c2=O)cc1. The van der Waals surface area contributed by atoms with Gasteiger partial charge in [-0.2, -0.15) is 9.78 Å². The first kappa shape index (κ1) is 28.9. The molecule has 0 unspecified atom stereocenters. The molecule has 220 valence electrons. The minimum absolute atomic E-state index is 0.0337. The summed E-state index contributed by atoms with van der Waals surface area (Å²) in [7, 11) is 1.25. The van der Waals surface area contributed by atoms with E-state index in [0.717, 1.165) is 0 Å². The maximum Gasteiger partial charge on any atom is 0.411 e. The Kier molecular flexibility index (Phi) is 8.71. The second-order valence-corrected chi connectivity index (χ2v) is 9.58. The lowest BCUT2D eigenvalue weighted by atomic mass is 10.0. The molecule has 3 amide bonds. The predicted octanol–water partition coefficient (Wildman–Crippen LogP) is 2.57. The summed E-state index contributed by atoms with van der Waals surface area (Å²) in [4.78, 5) is 51.0. The number of nitrogens with one attached hydrogen (secondary N) is 3. The van der Waals surface area contributed by atoms with Gasteiger partial charge < -0.3 is 19.7 Å². The van der Waals surface area contributed by atoms with Gasteiger partial charge in [-0.1, -0.05) is 23.7 Å². The number of carbonyl (C=O) groups is 3. The number of rotatable bonds is 9. The fraction of sp³-hybridized carbons (Fsp3) is 0.185. The van der Waals surface area contributed by atoms with Crippen molar-refractivity contribution in [2.75, 3.05) is 32.1 Å². The van der Waals surface area contributed by atoms with Crippen molar-refractivity contribution in [1.29, 1.82) is 0 Å². The van der Waals surface area contributed by atoms with Crippen LogP contribution in [0.25, 0.3) is 22.9 Å². The largest absolute Gasteiger partial charge is 0.453 e. The summed E-state index contributed by atoms with van der Waals surface area (Å²) in [5.41, 5.74) is 2.25. The fourth-order valence-corrected chi connectivity index (χ4v) is 4.45. The molecule has 0 bridgehead atoms. The first-order valence-corrected chi connectivity index (χ1v) is 13.2. The van der Waals surface area contributed by atoms with Crippen molar-refractivity contribution in [3.8, 4) is 16.8 Å². The number of carbonyl (C=O) groups excluding carboxylic acids is 3. The number of H-pyrrole nitrogens is 1. The number of hydrogen-bond donors (Lipinski definition) is 3. The van der Waals surface area contributed by atoms with Crippen LogP contribution in [-0.4, -0.2) is 80.2 Å². The molecular weight excluding hydrogens is 582 g/mol. The monoisotopic (exact) mass is 605 g/mol. The third-order valence-electron chi connectivity index (χ3n) is 6.37. The minimum Gasteiger partial charge on any atom is -0.453 e. The molecule has 3 heterocycles. The van der Waals surface area contributed by atoms with Crippen LogP contribution in [0.4, 0.5) is 15.3 Å². The molecule has 1 aliphatic rings. The van der Waals surface area contributed by atoms with E-state index >= 15 is 0 Å². The number of anilines is 1. The van der Waals surface area contributed by atoms with Crippen molar-refractivity contribution >= 4 is 41.5 Å². The number of halogens is 1. The number of benzene rings is 2. The predicted molar refractivity (Wildman–Crippen MR) is 153 cm³/mol. The van der Waals surface area contributed by atoms with Crippen molar-refractivity contribution in [3.05, 3.63) is 87.6 Å². The van der Waals surface area contributed by atoms with Crippen LogP contribution in [-0.2, 0) is 14.3 Å². The van der Waals surface area contributed by atoms with Crippen molar-refractivity contribution in [3.63, 3.8) is 0 Å². The van der Waals surface area contributed by atoms with Crippen LogP contribution < -0.4 is 16.2 Å². The van der Waals surface area contributed by atoms with Gasteiger partial charge in [0.1, 0.15) is 12.9 Å². The summed E-state index contributed by atoms with van der Waals surface area (Å²) in [6, 6.07) is 12.2. The summed E-state index contributed by atoms with van der Waals surface area (Å²) in [5.74, 6) is -0.506. The average Bonchev–Trinajstić information content (AvgIpc) is 3.69. The Morgan fingerprint density at radius 1 is 1.19 bits per heavy atom. The van der Waals surface area contributed by atoms with E-state index in [1.54, 1.807) is 48.5 Å². The molecule has 1 saturated heterocycles. The Labute approximate surface area is 248 Å². The highest BCUT2D eigenvalue weighted by molar-refractivity contribution is 6.30. The number of hydrogen-bond acceptors (Lipinski definition) is 10. The first-order chi connectivity index (χ1) is 20.8. The van der Waals surface area contributed by atoms with Gasteiger partial charge in [0.05, 0.1) is 43.2 Å². The Bertz CT molecular complexity index is 1720. The summed E-state index contributed by atoms with van der Waals surface area (Å²) in [6.45, 7) is 0.569. The number of nitrogens with zero attached hydrogens (tertiary/aromatic N) is 6. The number of tetrazole rings is 1. The highest BCUT2D eigenvalue weighted by atomic mass is 35.5. The maximum atomic E-state index is 13.2. The quantitative estimate of drug-likeness (QED) is 0.239. The summed E-state index contributed by atoms with van der Waals surface area (Å²) >= 11 is 6.18. The van der Waals surface area contributed by atoms with Gasteiger partial charge in [0.2, 0.25) is 5.91 Å². The van der Waals surface area contributed by atoms with Gasteiger partial charge in [-0.15, -0.1) is 5.10 Å². The minimum atomic E-state index is -0.822. The lowest BCUT2D eigenvalue weighted by molar-refractivity contribution is -0.117. The van der Waals surface area contributed by atoms with Crippen LogP contribution >= 0.6 is 11.6 Å². The molecule has 16 heteroatoms. The summed E-state index contributed by atoms with van der Waals surface area (Å²) < 4.78 is 11.1. The van der Waals surface area contributed by atoms with E-state index in [4.69, 9.17) is 16.3 Å². The Hall–Kier alpha value is -5.57. The van der Waals surface area contributed by atoms with Gasteiger partial charge >= 0.3 is 12.2 Å². The number of aromatic nitrogens is 6. The van der Waals surface area contributed by atoms with Crippen molar-refractivity contribution in [2.45, 2.75) is 6.04 Å². The Morgan fingerprint density at radius 3 is 2.70 bits per heavy atom. The number of cyclic esters (lactones) is 1. The van der Waals surface area contributed by atoms with Crippen molar-refractivity contribution in [2.24, 2.45) is 0 Å². The van der Waals surface area contributed by atoms with E-state index in [2.05, 4.69) is 41.1 Å². The topological polar surface area (TPSA) is 186 Å². The maximum absolute atomic E-state index is 13.2. The van der Waals surface area contributed by atoms with Gasteiger partial charge in [0, 0.05) is 22.3 Å².